The number of imidazole rings is 1. The lowest BCUT2D eigenvalue weighted by molar-refractivity contribution is 0.473. The van der Waals surface area contributed by atoms with E-state index >= 15 is 0 Å². The maximum atomic E-state index is 6.05. The maximum Gasteiger partial charge on any atom is 0.125 e. The number of hydrogen-bond acceptors (Lipinski definition) is 1. The highest BCUT2D eigenvalue weighted by Crippen LogP contribution is 2.27. The lowest BCUT2D eigenvalue weighted by Crippen LogP contribution is -2.08. The van der Waals surface area contributed by atoms with Gasteiger partial charge in [0.1, 0.15) is 5.82 Å². The Kier molecular flexibility index (Phi) is 5.74. The molecule has 0 fully saturated rings. The quantitative estimate of drug-likeness (QED) is 0.455. The van der Waals surface area contributed by atoms with Gasteiger partial charge in [-0.1, -0.05) is 44.2 Å². The lowest BCUT2D eigenvalue weighted by Gasteiger charge is -2.17. The average molecular weight is 313 g/mol. The molecule has 4 heteroatoms. The number of alkyl halides is 1. The van der Waals surface area contributed by atoms with Crippen LogP contribution in [0.25, 0.3) is 11.0 Å². The Bertz CT molecular complexity index is 563. The largest absolute Gasteiger partial charge is 0.324 e. The third-order valence-electron chi connectivity index (χ3n) is 3.76. The van der Waals surface area contributed by atoms with E-state index in [1.807, 2.05) is 18.2 Å². The molecule has 0 aliphatic rings. The van der Waals surface area contributed by atoms with Crippen molar-refractivity contribution in [2.45, 2.75) is 57.9 Å². The fourth-order valence-corrected chi connectivity index (χ4v) is 3.06. The molecule has 0 bridgehead atoms. The highest BCUT2D eigenvalue weighted by molar-refractivity contribution is 6.31. The summed E-state index contributed by atoms with van der Waals surface area (Å²) in [6.07, 6.45) is 6.31. The van der Waals surface area contributed by atoms with Gasteiger partial charge in [-0.2, -0.15) is 0 Å². The van der Waals surface area contributed by atoms with Crippen molar-refractivity contribution in [1.29, 1.82) is 0 Å². The van der Waals surface area contributed by atoms with E-state index in [-0.39, 0.29) is 0 Å². The molecule has 0 spiro atoms. The topological polar surface area (TPSA) is 17.8 Å². The number of halogens is 2. The van der Waals surface area contributed by atoms with Gasteiger partial charge in [-0.3, -0.25) is 0 Å². The second kappa shape index (κ2) is 7.33. The first-order chi connectivity index (χ1) is 9.67. The number of benzene rings is 1. The van der Waals surface area contributed by atoms with E-state index in [0.717, 1.165) is 28.3 Å². The summed E-state index contributed by atoms with van der Waals surface area (Å²) in [6, 6.07) is 6.30. The molecule has 0 N–H and O–H groups in total. The van der Waals surface area contributed by atoms with Gasteiger partial charge in [0.2, 0.25) is 0 Å². The SMILES string of the molecule is CCCCCCC(C)n1c(CCl)nc2cc(Cl)ccc21. The van der Waals surface area contributed by atoms with Gasteiger partial charge in [0, 0.05) is 11.1 Å². The minimum Gasteiger partial charge on any atom is -0.324 e. The molecule has 0 aliphatic heterocycles. The van der Waals surface area contributed by atoms with Crippen LogP contribution in [0.4, 0.5) is 0 Å². The third-order valence-corrected chi connectivity index (χ3v) is 4.23. The molecule has 2 rings (SSSR count). The van der Waals surface area contributed by atoms with Crippen LogP contribution in [0.2, 0.25) is 5.02 Å². The van der Waals surface area contributed by atoms with Crippen molar-refractivity contribution in [3.8, 4) is 0 Å². The molecule has 0 aliphatic carbocycles. The van der Waals surface area contributed by atoms with Crippen LogP contribution in [-0.4, -0.2) is 9.55 Å². The van der Waals surface area contributed by atoms with E-state index < -0.39 is 0 Å². The van der Waals surface area contributed by atoms with Crippen LogP contribution < -0.4 is 0 Å². The standard InChI is InChI=1S/C16H22Cl2N2/c1-3-4-5-6-7-12(2)20-15-9-8-13(18)10-14(15)19-16(20)11-17/h8-10,12H,3-7,11H2,1-2H3. The molecule has 1 atom stereocenters. The van der Waals surface area contributed by atoms with Crippen molar-refractivity contribution < 1.29 is 0 Å². The number of aromatic nitrogens is 2. The first-order valence-corrected chi connectivity index (χ1v) is 8.31. The summed E-state index contributed by atoms with van der Waals surface area (Å²) >= 11 is 12.1. The minimum absolute atomic E-state index is 0.423. The predicted octanol–water partition coefficient (Wildman–Crippen LogP) is 5.96. The summed E-state index contributed by atoms with van der Waals surface area (Å²) in [6.45, 7) is 4.49. The summed E-state index contributed by atoms with van der Waals surface area (Å²) in [7, 11) is 0. The Labute approximate surface area is 131 Å². The van der Waals surface area contributed by atoms with Crippen LogP contribution in [0.1, 0.15) is 57.8 Å². The van der Waals surface area contributed by atoms with Gasteiger partial charge in [0.25, 0.3) is 0 Å². The van der Waals surface area contributed by atoms with E-state index in [9.17, 15) is 0 Å². The summed E-state index contributed by atoms with van der Waals surface area (Å²) in [5, 5.41) is 0.721. The first kappa shape index (κ1) is 15.7. The number of unbranched alkanes of at least 4 members (excludes halogenated alkanes) is 3. The minimum atomic E-state index is 0.423. The number of hydrogen-bond donors (Lipinski definition) is 0. The van der Waals surface area contributed by atoms with Gasteiger partial charge in [-0.25, -0.2) is 4.98 Å². The molecular formula is C16H22Cl2N2. The van der Waals surface area contributed by atoms with Crippen LogP contribution >= 0.6 is 23.2 Å². The second-order valence-electron chi connectivity index (χ2n) is 5.36. The first-order valence-electron chi connectivity index (χ1n) is 7.39. The lowest BCUT2D eigenvalue weighted by atomic mass is 10.1. The van der Waals surface area contributed by atoms with Crippen LogP contribution in [0.3, 0.4) is 0 Å². The molecule has 1 unspecified atom stereocenters. The van der Waals surface area contributed by atoms with E-state index in [1.54, 1.807) is 0 Å². The molecule has 1 aromatic carbocycles. The fraction of sp³-hybridized carbons (Fsp3) is 0.562. The van der Waals surface area contributed by atoms with Gasteiger partial charge in [-0.15, -0.1) is 11.6 Å². The second-order valence-corrected chi connectivity index (χ2v) is 6.07. The van der Waals surface area contributed by atoms with E-state index in [4.69, 9.17) is 23.2 Å². The van der Waals surface area contributed by atoms with Crippen molar-refractivity contribution in [3.05, 3.63) is 29.0 Å². The average Bonchev–Trinajstić information content (AvgIpc) is 2.80. The van der Waals surface area contributed by atoms with E-state index in [2.05, 4.69) is 23.4 Å². The van der Waals surface area contributed by atoms with Gasteiger partial charge < -0.3 is 4.57 Å². The summed E-state index contributed by atoms with van der Waals surface area (Å²) in [5.74, 6) is 1.37. The van der Waals surface area contributed by atoms with Crippen LogP contribution in [0.15, 0.2) is 18.2 Å². The zero-order valence-corrected chi connectivity index (χ0v) is 13.7. The van der Waals surface area contributed by atoms with Crippen molar-refractivity contribution in [3.63, 3.8) is 0 Å². The molecule has 2 nitrogen and oxygen atoms in total. The maximum absolute atomic E-state index is 6.05. The molecular weight excluding hydrogens is 291 g/mol. The van der Waals surface area contributed by atoms with Crippen molar-refractivity contribution in [2.75, 3.05) is 0 Å². The highest BCUT2D eigenvalue weighted by Gasteiger charge is 2.15. The molecule has 0 amide bonds. The van der Waals surface area contributed by atoms with Crippen LogP contribution in [0.5, 0.6) is 0 Å². The predicted molar refractivity (Wildman–Crippen MR) is 87.8 cm³/mol. The summed E-state index contributed by atoms with van der Waals surface area (Å²) in [5.41, 5.74) is 2.07. The molecule has 0 saturated carbocycles. The Balaban J connectivity index is 2.22. The van der Waals surface area contributed by atoms with Crippen molar-refractivity contribution in [1.82, 2.24) is 9.55 Å². The summed E-state index contributed by atoms with van der Waals surface area (Å²) in [4.78, 5) is 4.60. The number of rotatable bonds is 7. The number of fused-ring (bicyclic) bond motifs is 1. The Morgan fingerprint density at radius 3 is 2.75 bits per heavy atom. The normalized spacial score (nSPS) is 13.0. The van der Waals surface area contributed by atoms with Gasteiger partial charge in [0.15, 0.2) is 0 Å². The Hall–Kier alpha value is -0.730. The monoisotopic (exact) mass is 312 g/mol. The summed E-state index contributed by atoms with van der Waals surface area (Å²) < 4.78 is 2.27. The zero-order valence-electron chi connectivity index (χ0n) is 12.2. The fourth-order valence-electron chi connectivity index (χ4n) is 2.70. The third kappa shape index (κ3) is 3.48. The molecule has 20 heavy (non-hydrogen) atoms. The molecule has 1 aromatic heterocycles. The molecule has 110 valence electrons. The Morgan fingerprint density at radius 2 is 2.05 bits per heavy atom. The van der Waals surface area contributed by atoms with Gasteiger partial charge in [-0.05, 0) is 31.5 Å². The smallest absolute Gasteiger partial charge is 0.125 e. The number of nitrogens with zero attached hydrogens (tertiary/aromatic N) is 2. The zero-order chi connectivity index (χ0) is 14.5. The van der Waals surface area contributed by atoms with Crippen molar-refractivity contribution >= 4 is 34.2 Å². The molecule has 0 radical (unpaired) electrons. The van der Waals surface area contributed by atoms with Gasteiger partial charge in [0.05, 0.1) is 16.9 Å². The van der Waals surface area contributed by atoms with E-state index in [1.165, 1.54) is 25.7 Å². The highest BCUT2D eigenvalue weighted by atomic mass is 35.5. The molecule has 0 saturated heterocycles. The van der Waals surface area contributed by atoms with E-state index in [0.29, 0.717) is 11.9 Å². The Morgan fingerprint density at radius 1 is 1.25 bits per heavy atom. The van der Waals surface area contributed by atoms with Crippen LogP contribution in [0, 0.1) is 0 Å². The molecule has 2 aromatic rings. The van der Waals surface area contributed by atoms with Crippen molar-refractivity contribution in [2.24, 2.45) is 0 Å². The van der Waals surface area contributed by atoms with Gasteiger partial charge >= 0.3 is 0 Å². The molecule has 1 heterocycles. The van der Waals surface area contributed by atoms with Crippen LogP contribution in [-0.2, 0) is 5.88 Å².